The largest absolute Gasteiger partial charge is 0.503 e. The minimum absolute atomic E-state index is 0.136. The number of hydrogen-bond acceptors (Lipinski definition) is 3. The molecule has 4 nitrogen and oxygen atoms in total. The third-order valence-electron chi connectivity index (χ3n) is 4.42. The van der Waals surface area contributed by atoms with Crippen molar-refractivity contribution < 1.29 is 19.1 Å². The lowest BCUT2D eigenvalue weighted by atomic mass is 10.1. The van der Waals surface area contributed by atoms with Crippen LogP contribution in [0.3, 0.4) is 0 Å². The van der Waals surface area contributed by atoms with Crippen molar-refractivity contribution >= 4 is 21.6 Å². The molecule has 0 aromatic heterocycles. The SMILES string of the molecule is COc1cc(C[NH+]2CCN(c3ccc(F)cc3)CC2)cc(Br)c1O. The molecule has 1 heterocycles. The number of anilines is 1. The highest BCUT2D eigenvalue weighted by Crippen LogP contribution is 2.34. The van der Waals surface area contributed by atoms with E-state index in [9.17, 15) is 9.50 Å². The Morgan fingerprint density at radius 3 is 2.50 bits per heavy atom. The number of nitrogens with zero attached hydrogens (tertiary/aromatic N) is 1. The number of piperazine rings is 1. The molecule has 3 rings (SSSR count). The average Bonchev–Trinajstić information content (AvgIpc) is 2.59. The van der Waals surface area contributed by atoms with Gasteiger partial charge in [0.1, 0.15) is 12.4 Å². The number of halogens is 2. The molecule has 1 saturated heterocycles. The monoisotopic (exact) mass is 395 g/mol. The van der Waals surface area contributed by atoms with E-state index in [0.717, 1.165) is 44.0 Å². The molecule has 6 heteroatoms. The van der Waals surface area contributed by atoms with Crippen LogP contribution >= 0.6 is 15.9 Å². The Balaban J connectivity index is 1.61. The zero-order valence-corrected chi connectivity index (χ0v) is 15.1. The summed E-state index contributed by atoms with van der Waals surface area (Å²) in [6.45, 7) is 4.79. The molecule has 1 aliphatic rings. The fraction of sp³-hybridized carbons (Fsp3) is 0.333. The lowest BCUT2D eigenvalue weighted by Crippen LogP contribution is -3.13. The fourth-order valence-electron chi connectivity index (χ4n) is 3.08. The molecule has 0 saturated carbocycles. The number of aromatic hydroxyl groups is 1. The predicted octanol–water partition coefficient (Wildman–Crippen LogP) is 2.21. The van der Waals surface area contributed by atoms with Crippen LogP contribution < -0.4 is 14.5 Å². The second-order valence-corrected chi connectivity index (χ2v) is 6.87. The van der Waals surface area contributed by atoms with Crippen molar-refractivity contribution in [1.82, 2.24) is 0 Å². The maximum Gasteiger partial charge on any atom is 0.172 e. The summed E-state index contributed by atoms with van der Waals surface area (Å²) >= 11 is 3.37. The summed E-state index contributed by atoms with van der Waals surface area (Å²) in [7, 11) is 1.56. The quantitative estimate of drug-likeness (QED) is 0.833. The van der Waals surface area contributed by atoms with E-state index in [1.807, 2.05) is 24.3 Å². The van der Waals surface area contributed by atoms with Gasteiger partial charge >= 0.3 is 0 Å². The van der Waals surface area contributed by atoms with Crippen LogP contribution in [0.25, 0.3) is 0 Å². The van der Waals surface area contributed by atoms with Gasteiger partial charge in [0.05, 0.1) is 37.8 Å². The number of nitrogens with one attached hydrogen (secondary N) is 1. The molecule has 0 aliphatic carbocycles. The maximum atomic E-state index is 13.0. The van der Waals surface area contributed by atoms with Crippen molar-refractivity contribution in [3.05, 3.63) is 52.3 Å². The Bertz CT molecular complexity index is 701. The van der Waals surface area contributed by atoms with Crippen molar-refractivity contribution in [3.63, 3.8) is 0 Å². The Morgan fingerprint density at radius 1 is 1.21 bits per heavy atom. The fourth-order valence-corrected chi connectivity index (χ4v) is 3.57. The zero-order valence-electron chi connectivity index (χ0n) is 13.6. The first-order chi connectivity index (χ1) is 11.6. The molecular formula is C18H21BrFN2O2+. The first kappa shape index (κ1) is 17.0. The lowest BCUT2D eigenvalue weighted by molar-refractivity contribution is -0.914. The van der Waals surface area contributed by atoms with E-state index in [2.05, 4.69) is 20.8 Å². The van der Waals surface area contributed by atoms with Gasteiger partial charge in [-0.2, -0.15) is 0 Å². The van der Waals surface area contributed by atoms with Gasteiger partial charge in [0, 0.05) is 11.3 Å². The minimum atomic E-state index is -0.199. The molecule has 2 N–H and O–H groups in total. The summed E-state index contributed by atoms with van der Waals surface area (Å²) in [6.07, 6.45) is 0. The van der Waals surface area contributed by atoms with Gasteiger partial charge in [0.15, 0.2) is 11.5 Å². The van der Waals surface area contributed by atoms with Gasteiger partial charge in [-0.15, -0.1) is 0 Å². The number of methoxy groups -OCH3 is 1. The van der Waals surface area contributed by atoms with E-state index in [1.54, 1.807) is 7.11 Å². The van der Waals surface area contributed by atoms with Crippen molar-refractivity contribution in [1.29, 1.82) is 0 Å². The second-order valence-electron chi connectivity index (χ2n) is 6.02. The molecule has 0 unspecified atom stereocenters. The Morgan fingerprint density at radius 2 is 1.88 bits per heavy atom. The molecule has 2 aromatic carbocycles. The summed E-state index contributed by atoms with van der Waals surface area (Å²) in [5.41, 5.74) is 2.20. The topological polar surface area (TPSA) is 37.1 Å². The van der Waals surface area contributed by atoms with Crippen LogP contribution in [0, 0.1) is 5.82 Å². The molecule has 0 bridgehead atoms. The molecule has 0 atom stereocenters. The number of quaternary nitrogens is 1. The van der Waals surface area contributed by atoms with Crippen LogP contribution in [0.5, 0.6) is 11.5 Å². The summed E-state index contributed by atoms with van der Waals surface area (Å²) in [5.74, 6) is 0.427. The van der Waals surface area contributed by atoms with Crippen molar-refractivity contribution in [2.75, 3.05) is 38.2 Å². The third-order valence-corrected chi connectivity index (χ3v) is 5.03. The van der Waals surface area contributed by atoms with Crippen LogP contribution in [0.2, 0.25) is 0 Å². The highest BCUT2D eigenvalue weighted by Gasteiger charge is 2.21. The van der Waals surface area contributed by atoms with E-state index < -0.39 is 0 Å². The second kappa shape index (κ2) is 7.40. The van der Waals surface area contributed by atoms with E-state index in [1.165, 1.54) is 17.0 Å². The normalized spacial score (nSPS) is 15.5. The van der Waals surface area contributed by atoms with Gasteiger partial charge in [-0.05, 0) is 52.3 Å². The summed E-state index contributed by atoms with van der Waals surface area (Å²) in [4.78, 5) is 3.77. The summed E-state index contributed by atoms with van der Waals surface area (Å²) in [6, 6.07) is 10.5. The van der Waals surface area contributed by atoms with Crippen molar-refractivity contribution in [2.45, 2.75) is 6.54 Å². The van der Waals surface area contributed by atoms with Gasteiger partial charge in [0.25, 0.3) is 0 Å². The molecule has 1 aliphatic heterocycles. The first-order valence-electron chi connectivity index (χ1n) is 7.96. The number of ether oxygens (including phenoxy) is 1. The highest BCUT2D eigenvalue weighted by atomic mass is 79.9. The first-order valence-corrected chi connectivity index (χ1v) is 8.75. The van der Waals surface area contributed by atoms with E-state index in [4.69, 9.17) is 4.74 Å². The van der Waals surface area contributed by atoms with Crippen molar-refractivity contribution in [2.24, 2.45) is 0 Å². The lowest BCUT2D eigenvalue weighted by Gasteiger charge is -2.33. The maximum absolute atomic E-state index is 13.0. The Hall–Kier alpha value is -1.79. The van der Waals surface area contributed by atoms with Crippen LogP contribution in [0.15, 0.2) is 40.9 Å². The van der Waals surface area contributed by atoms with E-state index in [0.29, 0.717) is 10.2 Å². The molecule has 1 fully saturated rings. The molecular weight excluding hydrogens is 375 g/mol. The number of hydrogen-bond donors (Lipinski definition) is 2. The number of phenols is 1. The Labute approximate surface area is 149 Å². The molecule has 2 aromatic rings. The van der Waals surface area contributed by atoms with Gasteiger partial charge in [0.2, 0.25) is 0 Å². The van der Waals surface area contributed by atoms with Crippen molar-refractivity contribution in [3.8, 4) is 11.5 Å². The van der Waals surface area contributed by atoms with E-state index >= 15 is 0 Å². The predicted molar refractivity (Wildman–Crippen MR) is 95.4 cm³/mol. The van der Waals surface area contributed by atoms with Crippen LogP contribution in [-0.2, 0) is 6.54 Å². The number of rotatable bonds is 4. The molecule has 0 spiro atoms. The molecule has 0 radical (unpaired) electrons. The molecule has 128 valence electrons. The van der Waals surface area contributed by atoms with Gasteiger partial charge in [-0.25, -0.2) is 4.39 Å². The number of phenolic OH excluding ortho intramolecular Hbond substituents is 1. The summed E-state index contributed by atoms with van der Waals surface area (Å²) < 4.78 is 18.9. The number of benzene rings is 2. The summed E-state index contributed by atoms with van der Waals surface area (Å²) in [5, 5.41) is 9.90. The zero-order chi connectivity index (χ0) is 17.1. The molecule has 24 heavy (non-hydrogen) atoms. The smallest absolute Gasteiger partial charge is 0.172 e. The highest BCUT2D eigenvalue weighted by molar-refractivity contribution is 9.10. The van der Waals surface area contributed by atoms with Gasteiger partial charge < -0.3 is 19.6 Å². The van der Waals surface area contributed by atoms with Crippen LogP contribution in [0.4, 0.5) is 10.1 Å². The molecule has 0 amide bonds. The van der Waals surface area contributed by atoms with Gasteiger partial charge in [-0.1, -0.05) is 0 Å². The van der Waals surface area contributed by atoms with Crippen LogP contribution in [0.1, 0.15) is 5.56 Å². The van der Waals surface area contributed by atoms with E-state index in [-0.39, 0.29) is 11.6 Å². The standard InChI is InChI=1S/C18H20BrFN2O2/c1-24-17-11-13(10-16(19)18(17)23)12-21-6-8-22(9-7-21)15-4-2-14(20)3-5-15/h2-5,10-11,23H,6-9,12H2,1H3/p+1. The van der Waals surface area contributed by atoms with Gasteiger partial charge in [-0.3, -0.25) is 0 Å². The Kier molecular flexibility index (Phi) is 5.26. The van der Waals surface area contributed by atoms with Crippen LogP contribution in [-0.4, -0.2) is 38.4 Å². The average molecular weight is 396 g/mol. The minimum Gasteiger partial charge on any atom is -0.503 e. The third kappa shape index (κ3) is 3.82.